The number of benzene rings is 2. The molecule has 9 heteroatoms. The van der Waals surface area contributed by atoms with E-state index in [0.717, 1.165) is 5.56 Å². The van der Waals surface area contributed by atoms with Crippen molar-refractivity contribution in [1.29, 1.82) is 0 Å². The van der Waals surface area contributed by atoms with E-state index in [9.17, 15) is 22.4 Å². The van der Waals surface area contributed by atoms with E-state index < -0.39 is 27.0 Å². The summed E-state index contributed by atoms with van der Waals surface area (Å²) in [6, 6.07) is 12.1. The Morgan fingerprint density at radius 2 is 1.75 bits per heavy atom. The van der Waals surface area contributed by atoms with Crippen LogP contribution in [0.5, 0.6) is 0 Å². The summed E-state index contributed by atoms with van der Waals surface area (Å²) < 4.78 is 38.9. The summed E-state index contributed by atoms with van der Waals surface area (Å²) in [5, 5.41) is -0.820. The number of hydrogen-bond acceptors (Lipinski definition) is 4. The summed E-state index contributed by atoms with van der Waals surface area (Å²) in [6.45, 7) is 2.99. The van der Waals surface area contributed by atoms with Crippen molar-refractivity contribution in [3.8, 4) is 11.1 Å². The van der Waals surface area contributed by atoms with Crippen LogP contribution in [0.25, 0.3) is 11.1 Å². The van der Waals surface area contributed by atoms with E-state index in [1.54, 1.807) is 6.07 Å². The van der Waals surface area contributed by atoms with E-state index in [0.29, 0.717) is 5.56 Å². The average Bonchev–Trinajstić information content (AvgIpc) is 2.60. The molecule has 2 aromatic rings. The molecule has 0 unspecified atom stereocenters. The molecular formula is C19H20FN3O4S. The topological polar surface area (TPSA) is 95.6 Å². The Morgan fingerprint density at radius 1 is 1.11 bits per heavy atom. The number of nitrogens with zero attached hydrogens (tertiary/aromatic N) is 1. The maximum atomic E-state index is 14.5. The lowest BCUT2D eigenvalue weighted by atomic mass is 9.99. The van der Waals surface area contributed by atoms with Crippen LogP contribution in [0.15, 0.2) is 42.5 Å². The smallest absolute Gasteiger partial charge is 0.269 e. The molecule has 148 valence electrons. The molecule has 2 N–H and O–H groups in total. The number of hydrazine groups is 1. The number of aryl methyl sites for hydroxylation is 1. The van der Waals surface area contributed by atoms with Crippen LogP contribution in [-0.2, 0) is 14.8 Å². The van der Waals surface area contributed by atoms with Gasteiger partial charge < -0.3 is 4.90 Å². The predicted octanol–water partition coefficient (Wildman–Crippen LogP) is 1.60. The number of carbonyl (C=O) groups is 2. The molecule has 0 radical (unpaired) electrons. The lowest BCUT2D eigenvalue weighted by molar-refractivity contribution is -0.131. The van der Waals surface area contributed by atoms with Crippen LogP contribution in [0.1, 0.15) is 22.8 Å². The number of sulfonamides is 1. The molecule has 2 amide bonds. The van der Waals surface area contributed by atoms with Crippen LogP contribution >= 0.6 is 0 Å². The van der Waals surface area contributed by atoms with Gasteiger partial charge in [0.05, 0.1) is 5.56 Å². The standard InChI is InChI=1S/C19H20FN3O4S/c1-12-8-15(14-6-4-3-5-7-14)9-17(18(12)20)19(25)21-22-28(26,27)16-10-23(11-16)13(2)24/h3-9,16,22H,10-11H2,1-2H3,(H,21,25). The van der Waals surface area contributed by atoms with Gasteiger partial charge in [-0.05, 0) is 35.7 Å². The second-order valence-electron chi connectivity index (χ2n) is 6.67. The zero-order valence-corrected chi connectivity index (χ0v) is 16.2. The van der Waals surface area contributed by atoms with Gasteiger partial charge >= 0.3 is 0 Å². The molecule has 0 aliphatic carbocycles. The van der Waals surface area contributed by atoms with Crippen molar-refractivity contribution < 1.29 is 22.4 Å². The Kier molecular flexibility index (Phi) is 5.48. The van der Waals surface area contributed by atoms with Gasteiger partial charge in [0.2, 0.25) is 15.9 Å². The fraction of sp³-hybridized carbons (Fsp3) is 0.263. The number of carbonyl (C=O) groups excluding carboxylic acids is 2. The normalized spacial score (nSPS) is 14.5. The second-order valence-corrected chi connectivity index (χ2v) is 8.63. The van der Waals surface area contributed by atoms with E-state index in [1.165, 1.54) is 24.8 Å². The summed E-state index contributed by atoms with van der Waals surface area (Å²) >= 11 is 0. The molecule has 1 saturated heterocycles. The van der Waals surface area contributed by atoms with Gasteiger partial charge in [-0.25, -0.2) is 12.8 Å². The third kappa shape index (κ3) is 4.05. The van der Waals surface area contributed by atoms with Crippen molar-refractivity contribution in [1.82, 2.24) is 15.2 Å². The summed E-state index contributed by atoms with van der Waals surface area (Å²) in [7, 11) is -3.88. The van der Waals surface area contributed by atoms with Crippen LogP contribution in [0, 0.1) is 12.7 Å². The molecule has 2 aromatic carbocycles. The first-order valence-electron chi connectivity index (χ1n) is 8.61. The first kappa shape index (κ1) is 20.0. The van der Waals surface area contributed by atoms with Gasteiger partial charge in [-0.2, -0.15) is 0 Å². The van der Waals surface area contributed by atoms with Crippen molar-refractivity contribution in [2.75, 3.05) is 13.1 Å². The highest BCUT2D eigenvalue weighted by molar-refractivity contribution is 7.90. The van der Waals surface area contributed by atoms with E-state index >= 15 is 0 Å². The Morgan fingerprint density at radius 3 is 2.36 bits per heavy atom. The lowest BCUT2D eigenvalue weighted by Crippen LogP contribution is -2.60. The number of amides is 2. The summed E-state index contributed by atoms with van der Waals surface area (Å²) in [5.41, 5.74) is 3.51. The molecule has 0 saturated carbocycles. The molecule has 1 fully saturated rings. The molecule has 1 aliphatic rings. The molecule has 1 aliphatic heterocycles. The van der Waals surface area contributed by atoms with Gasteiger partial charge in [-0.3, -0.25) is 15.0 Å². The van der Waals surface area contributed by atoms with Crippen molar-refractivity contribution in [2.45, 2.75) is 19.1 Å². The third-order valence-corrected chi connectivity index (χ3v) is 6.21. The fourth-order valence-corrected chi connectivity index (χ4v) is 4.05. The quantitative estimate of drug-likeness (QED) is 0.739. The van der Waals surface area contributed by atoms with E-state index in [4.69, 9.17) is 0 Å². The summed E-state index contributed by atoms with van der Waals surface area (Å²) in [4.78, 5) is 26.9. The van der Waals surface area contributed by atoms with E-state index in [1.807, 2.05) is 35.2 Å². The average molecular weight is 405 g/mol. The first-order chi connectivity index (χ1) is 13.2. The number of hydrogen-bond donors (Lipinski definition) is 2. The molecule has 7 nitrogen and oxygen atoms in total. The third-order valence-electron chi connectivity index (χ3n) is 4.65. The minimum atomic E-state index is -3.88. The second kappa shape index (κ2) is 7.69. The summed E-state index contributed by atoms with van der Waals surface area (Å²) in [5.74, 6) is -1.83. The minimum absolute atomic E-state index is 0.0531. The highest BCUT2D eigenvalue weighted by Gasteiger charge is 2.38. The molecule has 0 aromatic heterocycles. The van der Waals surface area contributed by atoms with Crippen LogP contribution in [-0.4, -0.2) is 43.5 Å². The zero-order valence-electron chi connectivity index (χ0n) is 15.4. The Balaban J connectivity index is 1.74. The van der Waals surface area contributed by atoms with Crippen LogP contribution in [0.2, 0.25) is 0 Å². The van der Waals surface area contributed by atoms with E-state index in [-0.39, 0.29) is 30.1 Å². The van der Waals surface area contributed by atoms with E-state index in [2.05, 4.69) is 5.43 Å². The largest absolute Gasteiger partial charge is 0.340 e. The van der Waals surface area contributed by atoms with Crippen LogP contribution in [0.4, 0.5) is 4.39 Å². The molecular weight excluding hydrogens is 385 g/mol. The van der Waals surface area contributed by atoms with Crippen LogP contribution < -0.4 is 10.3 Å². The van der Waals surface area contributed by atoms with Gasteiger partial charge in [0, 0.05) is 20.0 Å². The van der Waals surface area contributed by atoms with Gasteiger partial charge in [-0.15, -0.1) is 4.83 Å². The monoisotopic (exact) mass is 405 g/mol. The Bertz CT molecular complexity index is 1020. The molecule has 0 bridgehead atoms. The highest BCUT2D eigenvalue weighted by Crippen LogP contribution is 2.24. The lowest BCUT2D eigenvalue weighted by Gasteiger charge is -2.37. The molecule has 3 rings (SSSR count). The van der Waals surface area contributed by atoms with Gasteiger partial charge in [0.15, 0.2) is 0 Å². The highest BCUT2D eigenvalue weighted by atomic mass is 32.2. The Labute approximate surface area is 162 Å². The maximum absolute atomic E-state index is 14.5. The molecule has 28 heavy (non-hydrogen) atoms. The molecule has 1 heterocycles. The SMILES string of the molecule is CC(=O)N1CC(S(=O)(=O)NNC(=O)c2cc(-c3ccccc3)cc(C)c2F)C1. The van der Waals surface area contributed by atoms with Gasteiger partial charge in [0.1, 0.15) is 11.1 Å². The van der Waals surface area contributed by atoms with Gasteiger partial charge in [0.25, 0.3) is 5.91 Å². The molecule has 0 spiro atoms. The number of halogens is 1. The predicted molar refractivity (Wildman–Crippen MR) is 102 cm³/mol. The number of likely N-dealkylation sites (tertiary alicyclic amines) is 1. The maximum Gasteiger partial charge on any atom is 0.269 e. The zero-order chi connectivity index (χ0) is 20.5. The number of nitrogens with one attached hydrogen (secondary N) is 2. The summed E-state index contributed by atoms with van der Waals surface area (Å²) in [6.07, 6.45) is 0. The van der Waals surface area contributed by atoms with Crippen molar-refractivity contribution in [3.05, 3.63) is 59.4 Å². The minimum Gasteiger partial charge on any atom is -0.340 e. The first-order valence-corrected chi connectivity index (χ1v) is 10.2. The van der Waals surface area contributed by atoms with Crippen LogP contribution in [0.3, 0.4) is 0 Å². The number of rotatable bonds is 5. The van der Waals surface area contributed by atoms with Crippen molar-refractivity contribution >= 4 is 21.8 Å². The molecule has 0 atom stereocenters. The van der Waals surface area contributed by atoms with Crippen molar-refractivity contribution in [2.24, 2.45) is 0 Å². The fourth-order valence-electron chi connectivity index (χ4n) is 2.89. The Hall–Kier alpha value is -2.78. The van der Waals surface area contributed by atoms with Gasteiger partial charge in [-0.1, -0.05) is 30.3 Å². The van der Waals surface area contributed by atoms with Crippen molar-refractivity contribution in [3.63, 3.8) is 0 Å².